The van der Waals surface area contributed by atoms with Crippen molar-refractivity contribution < 1.29 is 14.3 Å². The number of rotatable bonds is 2. The fraction of sp³-hybridized carbons (Fsp3) is 0.545. The van der Waals surface area contributed by atoms with Crippen LogP contribution in [0.4, 0.5) is 4.79 Å². The maximum atomic E-state index is 10.9. The number of ether oxygens (including phenoxy) is 2. The molecule has 0 atom stereocenters. The molecular weight excluding hydrogens is 180 g/mol. The lowest BCUT2D eigenvalue weighted by Gasteiger charge is -2.16. The summed E-state index contributed by atoms with van der Waals surface area (Å²) >= 11 is 0. The lowest BCUT2D eigenvalue weighted by molar-refractivity contribution is 0.0986. The zero-order chi connectivity index (χ0) is 10.4. The van der Waals surface area contributed by atoms with E-state index in [0.29, 0.717) is 5.76 Å². The van der Waals surface area contributed by atoms with Crippen molar-refractivity contribution in [1.82, 2.24) is 0 Å². The van der Waals surface area contributed by atoms with Gasteiger partial charge >= 0.3 is 6.16 Å². The smallest absolute Gasteiger partial charge is 0.437 e. The summed E-state index contributed by atoms with van der Waals surface area (Å²) < 4.78 is 9.42. The monoisotopic (exact) mass is 196 g/mol. The minimum atomic E-state index is -0.669. The van der Waals surface area contributed by atoms with Crippen LogP contribution in [0.25, 0.3) is 0 Å². The molecule has 0 aliphatic heterocycles. The van der Waals surface area contributed by atoms with Gasteiger partial charge in [-0.15, -0.1) is 0 Å². The molecule has 0 aromatic rings. The summed E-state index contributed by atoms with van der Waals surface area (Å²) in [6.45, 7) is 3.63. The molecule has 0 aromatic carbocycles. The Morgan fingerprint density at radius 1 is 1.36 bits per heavy atom. The summed E-state index contributed by atoms with van der Waals surface area (Å²) in [6, 6.07) is 0. The minimum Gasteiger partial charge on any atom is -0.437 e. The lowest BCUT2D eigenvalue weighted by Crippen LogP contribution is -2.06. The van der Waals surface area contributed by atoms with Gasteiger partial charge in [0, 0.05) is 0 Å². The van der Waals surface area contributed by atoms with Crippen LogP contribution in [-0.2, 0) is 9.47 Å². The molecule has 14 heavy (non-hydrogen) atoms. The third-order valence-corrected chi connectivity index (χ3v) is 2.35. The highest BCUT2D eigenvalue weighted by Crippen LogP contribution is 2.26. The van der Waals surface area contributed by atoms with Gasteiger partial charge in [-0.05, 0) is 37.3 Å². The highest BCUT2D eigenvalue weighted by Gasteiger charge is 2.13. The maximum Gasteiger partial charge on any atom is 0.513 e. The molecule has 1 rings (SSSR count). The third kappa shape index (κ3) is 2.91. The Morgan fingerprint density at radius 2 is 2.00 bits per heavy atom. The van der Waals surface area contributed by atoms with Crippen LogP contribution in [0.2, 0.25) is 0 Å². The number of allylic oxidation sites excluding steroid dienone is 2. The van der Waals surface area contributed by atoms with E-state index in [1.165, 1.54) is 19.1 Å². The second kappa shape index (κ2) is 5.47. The second-order valence-corrected chi connectivity index (χ2v) is 3.29. The van der Waals surface area contributed by atoms with E-state index in [1.807, 2.05) is 0 Å². The van der Waals surface area contributed by atoms with E-state index < -0.39 is 6.16 Å². The molecule has 0 saturated heterocycles. The van der Waals surface area contributed by atoms with Gasteiger partial charge in [0.05, 0.1) is 7.11 Å². The van der Waals surface area contributed by atoms with Crippen molar-refractivity contribution >= 4 is 6.16 Å². The molecule has 0 amide bonds. The van der Waals surface area contributed by atoms with Gasteiger partial charge in [0.25, 0.3) is 0 Å². The van der Waals surface area contributed by atoms with Gasteiger partial charge in [0.1, 0.15) is 5.76 Å². The molecule has 0 unspecified atom stereocenters. The van der Waals surface area contributed by atoms with Crippen LogP contribution < -0.4 is 0 Å². The molecule has 1 aliphatic carbocycles. The summed E-state index contributed by atoms with van der Waals surface area (Å²) in [6.07, 6.45) is 6.49. The summed E-state index contributed by atoms with van der Waals surface area (Å²) in [5, 5.41) is 0. The largest absolute Gasteiger partial charge is 0.513 e. The van der Waals surface area contributed by atoms with Crippen LogP contribution in [0.5, 0.6) is 0 Å². The first-order valence-corrected chi connectivity index (χ1v) is 4.88. The van der Waals surface area contributed by atoms with Gasteiger partial charge in [0.2, 0.25) is 0 Å². The Kier molecular flexibility index (Phi) is 4.23. The molecule has 0 bridgehead atoms. The molecule has 0 N–H and O–H groups in total. The minimum absolute atomic E-state index is 0.580. The first-order valence-electron chi connectivity index (χ1n) is 4.88. The predicted molar refractivity (Wildman–Crippen MR) is 53.8 cm³/mol. The molecule has 0 aromatic heterocycles. The van der Waals surface area contributed by atoms with Crippen LogP contribution in [0.1, 0.15) is 32.1 Å². The van der Waals surface area contributed by atoms with Crippen LogP contribution in [-0.4, -0.2) is 13.3 Å². The van der Waals surface area contributed by atoms with Crippen LogP contribution in [0.3, 0.4) is 0 Å². The Hall–Kier alpha value is -1.25. The summed E-state index contributed by atoms with van der Waals surface area (Å²) in [7, 11) is 1.30. The quantitative estimate of drug-likeness (QED) is 0.502. The van der Waals surface area contributed by atoms with Crippen molar-refractivity contribution in [3.63, 3.8) is 0 Å². The molecule has 1 saturated carbocycles. The predicted octanol–water partition coefficient (Wildman–Crippen LogP) is 3.17. The summed E-state index contributed by atoms with van der Waals surface area (Å²) in [5.41, 5.74) is 1.18. The van der Waals surface area contributed by atoms with Crippen molar-refractivity contribution in [2.45, 2.75) is 32.1 Å². The lowest BCUT2D eigenvalue weighted by atomic mass is 9.94. The normalized spacial score (nSPS) is 15.9. The highest BCUT2D eigenvalue weighted by atomic mass is 16.7. The number of hydrogen-bond acceptors (Lipinski definition) is 3. The van der Waals surface area contributed by atoms with Gasteiger partial charge in [0.15, 0.2) is 0 Å². The first-order chi connectivity index (χ1) is 6.77. The number of carbonyl (C=O) groups is 1. The van der Waals surface area contributed by atoms with Gasteiger partial charge in [-0.2, -0.15) is 0 Å². The molecular formula is C11H16O3. The van der Waals surface area contributed by atoms with Gasteiger partial charge in [-0.1, -0.05) is 13.0 Å². The molecule has 1 fully saturated rings. The van der Waals surface area contributed by atoms with E-state index in [9.17, 15) is 4.79 Å². The molecule has 0 spiro atoms. The van der Waals surface area contributed by atoms with E-state index in [0.717, 1.165) is 25.7 Å². The van der Waals surface area contributed by atoms with Crippen LogP contribution in [0.15, 0.2) is 24.0 Å². The van der Waals surface area contributed by atoms with Gasteiger partial charge in [-0.3, -0.25) is 0 Å². The van der Waals surface area contributed by atoms with Crippen LogP contribution in [0, 0.1) is 0 Å². The standard InChI is InChI=1S/C11H16O3/c1-3-10(14-11(12)13-2)9-7-5-4-6-8-9/h3H,1,4-8H2,2H3. The summed E-state index contributed by atoms with van der Waals surface area (Å²) in [4.78, 5) is 10.9. The van der Waals surface area contributed by atoms with Crippen LogP contribution >= 0.6 is 0 Å². The average molecular weight is 196 g/mol. The number of methoxy groups -OCH3 is 1. The average Bonchev–Trinajstić information content (AvgIpc) is 2.26. The third-order valence-electron chi connectivity index (χ3n) is 2.35. The van der Waals surface area contributed by atoms with Gasteiger partial charge in [-0.25, -0.2) is 4.79 Å². The Labute approximate surface area is 84.4 Å². The molecule has 0 heterocycles. The fourth-order valence-corrected chi connectivity index (χ4v) is 1.61. The molecule has 3 heteroatoms. The SMILES string of the molecule is C=CC(OC(=O)OC)=C1CCCCC1. The molecule has 0 radical (unpaired) electrons. The summed E-state index contributed by atoms with van der Waals surface area (Å²) in [5.74, 6) is 0.580. The van der Waals surface area contributed by atoms with E-state index in [2.05, 4.69) is 11.3 Å². The Morgan fingerprint density at radius 3 is 2.50 bits per heavy atom. The van der Waals surface area contributed by atoms with E-state index in [-0.39, 0.29) is 0 Å². The first kappa shape index (κ1) is 10.8. The second-order valence-electron chi connectivity index (χ2n) is 3.29. The maximum absolute atomic E-state index is 10.9. The zero-order valence-electron chi connectivity index (χ0n) is 8.54. The zero-order valence-corrected chi connectivity index (χ0v) is 8.54. The number of carbonyl (C=O) groups excluding carboxylic acids is 1. The van der Waals surface area contributed by atoms with E-state index >= 15 is 0 Å². The number of hydrogen-bond donors (Lipinski definition) is 0. The van der Waals surface area contributed by atoms with Gasteiger partial charge < -0.3 is 9.47 Å². The Balaban J connectivity index is 2.66. The molecule has 78 valence electrons. The fourth-order valence-electron chi connectivity index (χ4n) is 1.61. The van der Waals surface area contributed by atoms with Crippen molar-refractivity contribution in [3.8, 4) is 0 Å². The van der Waals surface area contributed by atoms with E-state index in [4.69, 9.17) is 4.74 Å². The van der Waals surface area contributed by atoms with E-state index in [1.54, 1.807) is 6.08 Å². The topological polar surface area (TPSA) is 35.5 Å². The highest BCUT2D eigenvalue weighted by molar-refractivity contribution is 5.62. The molecule has 1 aliphatic rings. The van der Waals surface area contributed by atoms with Crippen molar-refractivity contribution in [2.75, 3.05) is 7.11 Å². The van der Waals surface area contributed by atoms with Crippen molar-refractivity contribution in [2.24, 2.45) is 0 Å². The van der Waals surface area contributed by atoms with Crippen molar-refractivity contribution in [1.29, 1.82) is 0 Å². The molecule has 3 nitrogen and oxygen atoms in total. The Bertz CT molecular complexity index is 245. The van der Waals surface area contributed by atoms with Crippen molar-refractivity contribution in [3.05, 3.63) is 24.0 Å².